The van der Waals surface area contributed by atoms with Crippen LogP contribution in [0.5, 0.6) is 0 Å². The van der Waals surface area contributed by atoms with Crippen molar-refractivity contribution in [3.8, 4) is 0 Å². The minimum absolute atomic E-state index is 0.0427. The molecule has 1 saturated heterocycles. The van der Waals surface area contributed by atoms with Crippen molar-refractivity contribution < 1.29 is 18.9 Å². The summed E-state index contributed by atoms with van der Waals surface area (Å²) in [5.74, 6) is 0.259. The number of ether oxygens (including phenoxy) is 4. The molecule has 0 unspecified atom stereocenters. The standard InChI is InChI=1S/C17H26O4/c1-5-14-12(2)15(16(18-3)17(19-4)21-14)20-11-13-9-7-6-8-10-13/h6-10,12,14-17H,5,11H2,1-4H3/t12-,14+,15-,16-,17+/m0/s1. The summed E-state index contributed by atoms with van der Waals surface area (Å²) in [4.78, 5) is 0. The van der Waals surface area contributed by atoms with Crippen LogP contribution in [-0.2, 0) is 25.6 Å². The average molecular weight is 294 g/mol. The molecule has 0 amide bonds. The molecule has 5 atom stereocenters. The fourth-order valence-electron chi connectivity index (χ4n) is 2.96. The Morgan fingerprint density at radius 2 is 1.76 bits per heavy atom. The van der Waals surface area contributed by atoms with Gasteiger partial charge in [-0.1, -0.05) is 44.2 Å². The smallest absolute Gasteiger partial charge is 0.186 e. The van der Waals surface area contributed by atoms with Gasteiger partial charge in [-0.2, -0.15) is 0 Å². The normalized spacial score (nSPS) is 33.0. The number of benzene rings is 1. The molecule has 1 aliphatic heterocycles. The predicted molar refractivity (Wildman–Crippen MR) is 80.9 cm³/mol. The third kappa shape index (κ3) is 3.83. The van der Waals surface area contributed by atoms with Crippen LogP contribution in [0, 0.1) is 5.92 Å². The monoisotopic (exact) mass is 294 g/mol. The van der Waals surface area contributed by atoms with Crippen molar-refractivity contribution in [2.75, 3.05) is 14.2 Å². The van der Waals surface area contributed by atoms with Crippen molar-refractivity contribution in [3.05, 3.63) is 35.9 Å². The Labute approximate surface area is 127 Å². The highest BCUT2D eigenvalue weighted by Crippen LogP contribution is 2.32. The number of methoxy groups -OCH3 is 2. The summed E-state index contributed by atoms with van der Waals surface area (Å²) in [5.41, 5.74) is 1.16. The third-order valence-corrected chi connectivity index (χ3v) is 4.20. The Bertz CT molecular complexity index is 409. The molecule has 1 aliphatic rings. The first-order valence-electron chi connectivity index (χ1n) is 7.57. The molecule has 0 aliphatic carbocycles. The highest BCUT2D eigenvalue weighted by molar-refractivity contribution is 5.13. The van der Waals surface area contributed by atoms with Crippen LogP contribution in [0.3, 0.4) is 0 Å². The van der Waals surface area contributed by atoms with Gasteiger partial charge in [-0.05, 0) is 12.0 Å². The number of hydrogen-bond donors (Lipinski definition) is 0. The molecular formula is C17H26O4. The van der Waals surface area contributed by atoms with Gasteiger partial charge in [0.15, 0.2) is 6.29 Å². The lowest BCUT2D eigenvalue weighted by atomic mass is 9.89. The van der Waals surface area contributed by atoms with Gasteiger partial charge < -0.3 is 18.9 Å². The van der Waals surface area contributed by atoms with Crippen molar-refractivity contribution >= 4 is 0 Å². The van der Waals surface area contributed by atoms with E-state index in [1.807, 2.05) is 18.2 Å². The Balaban J connectivity index is 2.08. The Morgan fingerprint density at radius 1 is 1.05 bits per heavy atom. The first-order valence-corrected chi connectivity index (χ1v) is 7.57. The Kier molecular flexibility index (Phi) is 6.18. The van der Waals surface area contributed by atoms with Crippen molar-refractivity contribution in [3.63, 3.8) is 0 Å². The topological polar surface area (TPSA) is 36.9 Å². The molecule has 1 heterocycles. The molecule has 4 nitrogen and oxygen atoms in total. The van der Waals surface area contributed by atoms with E-state index in [1.54, 1.807) is 14.2 Å². The summed E-state index contributed by atoms with van der Waals surface area (Å²) in [5, 5.41) is 0. The fraction of sp³-hybridized carbons (Fsp3) is 0.647. The molecule has 0 radical (unpaired) electrons. The van der Waals surface area contributed by atoms with Crippen LogP contribution < -0.4 is 0 Å². The quantitative estimate of drug-likeness (QED) is 0.808. The van der Waals surface area contributed by atoms with Crippen LogP contribution in [0.25, 0.3) is 0 Å². The lowest BCUT2D eigenvalue weighted by Gasteiger charge is -2.44. The summed E-state index contributed by atoms with van der Waals surface area (Å²) in [6.07, 6.45) is 0.428. The third-order valence-electron chi connectivity index (χ3n) is 4.20. The molecule has 1 aromatic rings. The van der Waals surface area contributed by atoms with Gasteiger partial charge in [-0.3, -0.25) is 0 Å². The summed E-state index contributed by atoms with van der Waals surface area (Å²) >= 11 is 0. The molecule has 118 valence electrons. The van der Waals surface area contributed by atoms with E-state index >= 15 is 0 Å². The maximum Gasteiger partial charge on any atom is 0.186 e. The van der Waals surface area contributed by atoms with Gasteiger partial charge in [0.25, 0.3) is 0 Å². The second kappa shape index (κ2) is 7.90. The lowest BCUT2D eigenvalue weighted by molar-refractivity contribution is -0.290. The van der Waals surface area contributed by atoms with E-state index in [0.29, 0.717) is 6.61 Å². The summed E-state index contributed by atoms with van der Waals surface area (Å²) in [7, 11) is 3.32. The van der Waals surface area contributed by atoms with Gasteiger partial charge in [-0.25, -0.2) is 0 Å². The van der Waals surface area contributed by atoms with Crippen LogP contribution in [0.1, 0.15) is 25.8 Å². The molecule has 1 aromatic carbocycles. The van der Waals surface area contributed by atoms with Gasteiger partial charge in [0.05, 0.1) is 18.8 Å². The van der Waals surface area contributed by atoms with Crippen LogP contribution in [0.15, 0.2) is 30.3 Å². The molecule has 0 bridgehead atoms. The first-order chi connectivity index (χ1) is 10.2. The Morgan fingerprint density at radius 3 is 2.33 bits per heavy atom. The van der Waals surface area contributed by atoms with Crippen molar-refractivity contribution in [1.82, 2.24) is 0 Å². The molecule has 0 spiro atoms. The van der Waals surface area contributed by atoms with Crippen molar-refractivity contribution in [2.24, 2.45) is 5.92 Å². The maximum atomic E-state index is 6.16. The molecule has 1 fully saturated rings. The molecule has 2 rings (SSSR count). The summed E-state index contributed by atoms with van der Waals surface area (Å²) in [6.45, 7) is 4.85. The van der Waals surface area contributed by atoms with E-state index < -0.39 is 0 Å². The molecule has 0 aromatic heterocycles. The SMILES string of the molecule is CC[C@H]1O[C@@H](OC)[C@@H](OC)[C@@H](OCc2ccccc2)[C@H]1C. The molecule has 4 heteroatoms. The number of hydrogen-bond acceptors (Lipinski definition) is 4. The largest absolute Gasteiger partial charge is 0.373 e. The zero-order valence-electron chi connectivity index (χ0n) is 13.3. The maximum absolute atomic E-state index is 6.16. The summed E-state index contributed by atoms with van der Waals surface area (Å²) in [6, 6.07) is 10.2. The van der Waals surface area contributed by atoms with E-state index in [0.717, 1.165) is 12.0 Å². The van der Waals surface area contributed by atoms with E-state index in [2.05, 4.69) is 26.0 Å². The van der Waals surface area contributed by atoms with Crippen LogP contribution >= 0.6 is 0 Å². The van der Waals surface area contributed by atoms with E-state index in [-0.39, 0.29) is 30.5 Å². The minimum atomic E-state index is -0.378. The van der Waals surface area contributed by atoms with Crippen LogP contribution in [-0.4, -0.2) is 38.8 Å². The lowest BCUT2D eigenvalue weighted by Crippen LogP contribution is -2.55. The molecular weight excluding hydrogens is 268 g/mol. The zero-order valence-corrected chi connectivity index (χ0v) is 13.3. The highest BCUT2D eigenvalue weighted by Gasteiger charge is 2.44. The van der Waals surface area contributed by atoms with Crippen LogP contribution in [0.4, 0.5) is 0 Å². The molecule has 21 heavy (non-hydrogen) atoms. The van der Waals surface area contributed by atoms with Gasteiger partial charge in [0, 0.05) is 20.1 Å². The van der Waals surface area contributed by atoms with Crippen molar-refractivity contribution in [2.45, 2.75) is 51.5 Å². The van der Waals surface area contributed by atoms with Crippen LogP contribution in [0.2, 0.25) is 0 Å². The number of rotatable bonds is 6. The average Bonchev–Trinajstić information content (AvgIpc) is 2.54. The van der Waals surface area contributed by atoms with E-state index in [4.69, 9.17) is 18.9 Å². The highest BCUT2D eigenvalue weighted by atomic mass is 16.7. The van der Waals surface area contributed by atoms with Gasteiger partial charge >= 0.3 is 0 Å². The van der Waals surface area contributed by atoms with Gasteiger partial charge in [0.1, 0.15) is 6.10 Å². The Hall–Kier alpha value is -0.940. The second-order valence-corrected chi connectivity index (χ2v) is 5.51. The summed E-state index contributed by atoms with van der Waals surface area (Å²) < 4.78 is 23.1. The minimum Gasteiger partial charge on any atom is -0.373 e. The van der Waals surface area contributed by atoms with E-state index in [1.165, 1.54) is 0 Å². The predicted octanol–water partition coefficient (Wildman–Crippen LogP) is 3.00. The second-order valence-electron chi connectivity index (χ2n) is 5.51. The molecule has 0 N–H and O–H groups in total. The van der Waals surface area contributed by atoms with Gasteiger partial charge in [-0.15, -0.1) is 0 Å². The first kappa shape index (κ1) is 16.4. The van der Waals surface area contributed by atoms with E-state index in [9.17, 15) is 0 Å². The molecule has 0 saturated carbocycles. The zero-order chi connectivity index (χ0) is 15.2. The van der Waals surface area contributed by atoms with Gasteiger partial charge in [0.2, 0.25) is 0 Å². The van der Waals surface area contributed by atoms with Crippen molar-refractivity contribution in [1.29, 1.82) is 0 Å². The fourth-order valence-corrected chi connectivity index (χ4v) is 2.96.